The summed E-state index contributed by atoms with van der Waals surface area (Å²) in [5.41, 5.74) is 11.3. The number of fused-ring (bicyclic) bond motifs is 1. The van der Waals surface area contributed by atoms with Gasteiger partial charge in [0.25, 0.3) is 0 Å². The van der Waals surface area contributed by atoms with Gasteiger partial charge in [-0.25, -0.2) is 23.9 Å². The van der Waals surface area contributed by atoms with Crippen molar-refractivity contribution in [1.82, 2.24) is 34.8 Å². The molecule has 0 saturated heterocycles. The number of anilines is 1. The van der Waals surface area contributed by atoms with Gasteiger partial charge in [0, 0.05) is 54.6 Å². The molecular formula is C26H24FN9. The quantitative estimate of drug-likeness (QED) is 0.394. The SMILES string of the molecule is C[C@](N)(c1ccc(F)cc1)c1cnc(C2=CCN(c3ncnn4cc(-c5cn[nH]c5)cc34)CC2)nc1. The molecule has 180 valence electrons. The molecule has 0 unspecified atom stereocenters. The van der Waals surface area contributed by atoms with E-state index in [0.717, 1.165) is 52.1 Å². The highest BCUT2D eigenvalue weighted by Gasteiger charge is 2.25. The van der Waals surface area contributed by atoms with Crippen LogP contribution in [0.25, 0.3) is 22.2 Å². The number of nitrogens with one attached hydrogen (secondary N) is 1. The van der Waals surface area contributed by atoms with Crippen LogP contribution in [0.1, 0.15) is 30.3 Å². The molecule has 5 aromatic rings. The topological polar surface area (TPSA) is 114 Å². The van der Waals surface area contributed by atoms with Crippen LogP contribution in [0, 0.1) is 5.82 Å². The summed E-state index contributed by atoms with van der Waals surface area (Å²) >= 11 is 0. The normalized spacial score (nSPS) is 15.6. The Morgan fingerprint density at radius 3 is 2.53 bits per heavy atom. The van der Waals surface area contributed by atoms with Gasteiger partial charge in [0.15, 0.2) is 11.6 Å². The van der Waals surface area contributed by atoms with E-state index in [2.05, 4.69) is 47.3 Å². The van der Waals surface area contributed by atoms with E-state index in [4.69, 9.17) is 5.73 Å². The Hall–Kier alpha value is -4.44. The van der Waals surface area contributed by atoms with E-state index in [-0.39, 0.29) is 5.82 Å². The molecule has 0 bridgehead atoms. The first-order chi connectivity index (χ1) is 17.5. The van der Waals surface area contributed by atoms with E-state index in [1.165, 1.54) is 12.1 Å². The van der Waals surface area contributed by atoms with E-state index in [1.807, 2.05) is 23.8 Å². The third-order valence-corrected chi connectivity index (χ3v) is 6.71. The third-order valence-electron chi connectivity index (χ3n) is 6.71. The van der Waals surface area contributed by atoms with Gasteiger partial charge < -0.3 is 10.6 Å². The lowest BCUT2D eigenvalue weighted by Crippen LogP contribution is -2.34. The zero-order chi connectivity index (χ0) is 24.7. The Morgan fingerprint density at radius 2 is 1.83 bits per heavy atom. The number of aromatic nitrogens is 7. The number of hydrogen-bond donors (Lipinski definition) is 2. The number of halogens is 1. The minimum Gasteiger partial charge on any atom is -0.351 e. The Balaban J connectivity index is 1.21. The van der Waals surface area contributed by atoms with Gasteiger partial charge in [-0.1, -0.05) is 18.2 Å². The van der Waals surface area contributed by atoms with Crippen molar-refractivity contribution in [3.63, 3.8) is 0 Å². The number of nitrogens with zero attached hydrogens (tertiary/aromatic N) is 7. The molecule has 5 heterocycles. The highest BCUT2D eigenvalue weighted by Crippen LogP contribution is 2.30. The maximum absolute atomic E-state index is 13.3. The van der Waals surface area contributed by atoms with Crippen molar-refractivity contribution in [3.05, 3.63) is 96.5 Å². The van der Waals surface area contributed by atoms with Gasteiger partial charge in [0.05, 0.1) is 11.7 Å². The average molecular weight is 482 g/mol. The average Bonchev–Trinajstić information content (AvgIpc) is 3.59. The fraction of sp³-hybridized carbons (Fsp3) is 0.192. The summed E-state index contributed by atoms with van der Waals surface area (Å²) in [4.78, 5) is 16.0. The number of benzene rings is 1. The van der Waals surface area contributed by atoms with E-state index >= 15 is 0 Å². The van der Waals surface area contributed by atoms with Gasteiger partial charge in [-0.15, -0.1) is 0 Å². The van der Waals surface area contributed by atoms with Crippen molar-refractivity contribution in [2.75, 3.05) is 18.0 Å². The summed E-state index contributed by atoms with van der Waals surface area (Å²) in [5, 5.41) is 11.2. The highest BCUT2D eigenvalue weighted by atomic mass is 19.1. The van der Waals surface area contributed by atoms with E-state index in [0.29, 0.717) is 12.4 Å². The van der Waals surface area contributed by atoms with Crippen LogP contribution >= 0.6 is 0 Å². The van der Waals surface area contributed by atoms with E-state index in [1.54, 1.807) is 37.1 Å². The summed E-state index contributed by atoms with van der Waals surface area (Å²) in [6.45, 7) is 3.34. The Labute approximate surface area is 206 Å². The standard InChI is InChI=1S/C26H24FN9/c1-26(28,20-2-4-22(27)5-3-20)21-13-29-24(30-14-21)17-6-8-35(9-7-17)25-23-10-18(19-11-32-33-12-19)15-36(23)34-16-31-25/h2-6,10-16H,7-9,28H2,1H3,(H,32,33)/t26-/m0/s1. The number of hydrogen-bond acceptors (Lipinski definition) is 7. The summed E-state index contributed by atoms with van der Waals surface area (Å²) in [6.07, 6.45) is 13.6. The minimum absolute atomic E-state index is 0.294. The fourth-order valence-corrected chi connectivity index (χ4v) is 4.52. The van der Waals surface area contributed by atoms with Crippen LogP contribution in [0.2, 0.25) is 0 Å². The van der Waals surface area contributed by atoms with Crippen molar-refractivity contribution in [1.29, 1.82) is 0 Å². The highest BCUT2D eigenvalue weighted by molar-refractivity contribution is 5.78. The van der Waals surface area contributed by atoms with Crippen molar-refractivity contribution in [3.8, 4) is 11.1 Å². The first-order valence-electron chi connectivity index (χ1n) is 11.6. The van der Waals surface area contributed by atoms with Crippen LogP contribution in [-0.4, -0.2) is 47.9 Å². The van der Waals surface area contributed by atoms with Gasteiger partial charge in [-0.05, 0) is 42.7 Å². The first-order valence-corrected chi connectivity index (χ1v) is 11.6. The van der Waals surface area contributed by atoms with Crippen molar-refractivity contribution in [2.24, 2.45) is 5.73 Å². The molecule has 1 aliphatic heterocycles. The molecule has 0 fully saturated rings. The molecule has 3 N–H and O–H groups in total. The number of H-pyrrole nitrogens is 1. The maximum atomic E-state index is 13.3. The predicted octanol–water partition coefficient (Wildman–Crippen LogP) is 3.56. The van der Waals surface area contributed by atoms with Crippen LogP contribution in [0.4, 0.5) is 10.2 Å². The maximum Gasteiger partial charge on any atom is 0.156 e. The molecule has 1 aromatic carbocycles. The van der Waals surface area contributed by atoms with Crippen molar-refractivity contribution >= 4 is 16.9 Å². The molecular weight excluding hydrogens is 457 g/mol. The van der Waals surface area contributed by atoms with E-state index < -0.39 is 5.54 Å². The summed E-state index contributed by atoms with van der Waals surface area (Å²) in [7, 11) is 0. The lowest BCUT2D eigenvalue weighted by atomic mass is 9.87. The van der Waals surface area contributed by atoms with Crippen molar-refractivity contribution < 1.29 is 4.39 Å². The molecule has 9 nitrogen and oxygen atoms in total. The number of nitrogens with two attached hydrogens (primary N) is 1. The van der Waals surface area contributed by atoms with Gasteiger partial charge in [-0.3, -0.25) is 5.10 Å². The molecule has 0 aliphatic carbocycles. The molecule has 0 amide bonds. The largest absolute Gasteiger partial charge is 0.351 e. The number of rotatable bonds is 5. The van der Waals surface area contributed by atoms with Crippen LogP contribution in [0.3, 0.4) is 0 Å². The minimum atomic E-state index is -0.825. The summed E-state index contributed by atoms with van der Waals surface area (Å²) in [6, 6.07) is 8.27. The monoisotopic (exact) mass is 481 g/mol. The Kier molecular flexibility index (Phi) is 5.30. The first kappa shape index (κ1) is 22.1. The molecule has 0 radical (unpaired) electrons. The lowest BCUT2D eigenvalue weighted by Gasteiger charge is -2.28. The van der Waals surface area contributed by atoms with Crippen LogP contribution < -0.4 is 10.6 Å². The van der Waals surface area contributed by atoms with Crippen molar-refractivity contribution in [2.45, 2.75) is 18.9 Å². The summed E-state index contributed by atoms with van der Waals surface area (Å²) in [5.74, 6) is 1.27. The summed E-state index contributed by atoms with van der Waals surface area (Å²) < 4.78 is 15.2. The zero-order valence-corrected chi connectivity index (χ0v) is 19.6. The van der Waals surface area contributed by atoms with Gasteiger partial charge >= 0.3 is 0 Å². The second kappa shape index (κ2) is 8.65. The number of aromatic amines is 1. The smallest absolute Gasteiger partial charge is 0.156 e. The fourth-order valence-electron chi connectivity index (χ4n) is 4.52. The van der Waals surface area contributed by atoms with E-state index in [9.17, 15) is 4.39 Å². The molecule has 4 aromatic heterocycles. The molecule has 10 heteroatoms. The van der Waals surface area contributed by atoms with Gasteiger partial charge in [-0.2, -0.15) is 10.2 Å². The lowest BCUT2D eigenvalue weighted by molar-refractivity contribution is 0.588. The van der Waals surface area contributed by atoms with Gasteiger partial charge in [0.2, 0.25) is 0 Å². The second-order valence-corrected chi connectivity index (χ2v) is 9.06. The molecule has 36 heavy (non-hydrogen) atoms. The molecule has 0 spiro atoms. The molecule has 1 atom stereocenters. The Morgan fingerprint density at radius 1 is 1.03 bits per heavy atom. The van der Waals surface area contributed by atoms with Crippen LogP contribution in [0.5, 0.6) is 0 Å². The predicted molar refractivity (Wildman–Crippen MR) is 134 cm³/mol. The molecule has 0 saturated carbocycles. The van der Waals surface area contributed by atoms with Crippen LogP contribution in [-0.2, 0) is 5.54 Å². The molecule has 6 rings (SSSR count). The molecule has 1 aliphatic rings. The van der Waals surface area contributed by atoms with Crippen LogP contribution in [0.15, 0.2) is 73.7 Å². The zero-order valence-electron chi connectivity index (χ0n) is 19.6. The Bertz CT molecular complexity index is 1540. The van der Waals surface area contributed by atoms with Gasteiger partial charge in [0.1, 0.15) is 17.7 Å². The second-order valence-electron chi connectivity index (χ2n) is 9.06. The third kappa shape index (κ3) is 3.91.